The largest absolute Gasteiger partial charge is 0.307 e. The molecular weight excluding hydrogens is 226 g/mol. The molecule has 15 heavy (non-hydrogen) atoms. The van der Waals surface area contributed by atoms with Crippen LogP contribution in [0.3, 0.4) is 0 Å². The molecule has 1 aromatic heterocycles. The molecule has 2 atom stereocenters. The quantitative estimate of drug-likeness (QED) is 0.828. The van der Waals surface area contributed by atoms with E-state index in [1.165, 1.54) is 5.56 Å². The average Bonchev–Trinajstić information content (AvgIpc) is 2.50. The first kappa shape index (κ1) is 13.0. The van der Waals surface area contributed by atoms with Gasteiger partial charge in [0.1, 0.15) is 0 Å². The van der Waals surface area contributed by atoms with Gasteiger partial charge in [0.2, 0.25) is 0 Å². The minimum absolute atomic E-state index is 0.286. The Kier molecular flexibility index (Phi) is 4.21. The van der Waals surface area contributed by atoms with E-state index < -0.39 is 0 Å². The maximum Gasteiger partial charge on any atom is 0.0931 e. The average molecular weight is 246 g/mol. The molecule has 0 saturated heterocycles. The van der Waals surface area contributed by atoms with Crippen LogP contribution in [0.25, 0.3) is 0 Å². The molecule has 1 N–H and O–H groups in total. The van der Waals surface area contributed by atoms with Gasteiger partial charge in [-0.2, -0.15) is 0 Å². The zero-order chi connectivity index (χ0) is 11.6. The minimum Gasteiger partial charge on any atom is -0.307 e. The third kappa shape index (κ3) is 3.78. The first-order valence-corrected chi connectivity index (χ1v) is 6.56. The zero-order valence-corrected chi connectivity index (χ0v) is 11.7. The van der Waals surface area contributed by atoms with E-state index in [0.29, 0.717) is 12.1 Å². The van der Waals surface area contributed by atoms with Crippen molar-refractivity contribution in [3.05, 3.63) is 21.3 Å². The summed E-state index contributed by atoms with van der Waals surface area (Å²) in [7, 11) is 0. The first-order chi connectivity index (χ1) is 6.80. The standard InChI is InChI=1S/C12H20ClNS/c1-8(10-6-11(13)15-7-10)14-9(2)12(3,4)5/h6-9,14H,1-5H3. The molecular formula is C12H20ClNS. The van der Waals surface area contributed by atoms with Crippen molar-refractivity contribution in [2.24, 2.45) is 5.41 Å². The van der Waals surface area contributed by atoms with Crippen LogP contribution in [0, 0.1) is 5.41 Å². The normalized spacial score (nSPS) is 16.4. The van der Waals surface area contributed by atoms with Crippen LogP contribution in [0.1, 0.15) is 46.2 Å². The molecule has 1 heterocycles. The maximum atomic E-state index is 5.92. The predicted octanol–water partition coefficient (Wildman–Crippen LogP) is 4.49. The van der Waals surface area contributed by atoms with Gasteiger partial charge in [-0.25, -0.2) is 0 Å². The second-order valence-corrected chi connectivity index (χ2v) is 6.70. The smallest absolute Gasteiger partial charge is 0.0931 e. The Balaban J connectivity index is 2.60. The molecule has 1 aromatic rings. The molecule has 0 bridgehead atoms. The highest BCUT2D eigenvalue weighted by Crippen LogP contribution is 2.27. The number of rotatable bonds is 3. The van der Waals surface area contributed by atoms with Crippen LogP contribution >= 0.6 is 22.9 Å². The highest BCUT2D eigenvalue weighted by atomic mass is 35.5. The van der Waals surface area contributed by atoms with Gasteiger partial charge in [0.15, 0.2) is 0 Å². The van der Waals surface area contributed by atoms with E-state index in [1.807, 2.05) is 6.07 Å². The van der Waals surface area contributed by atoms with Gasteiger partial charge >= 0.3 is 0 Å². The molecule has 0 spiro atoms. The fourth-order valence-electron chi connectivity index (χ4n) is 1.27. The van der Waals surface area contributed by atoms with Crippen molar-refractivity contribution < 1.29 is 0 Å². The molecule has 0 saturated carbocycles. The van der Waals surface area contributed by atoms with Gasteiger partial charge in [0.25, 0.3) is 0 Å². The summed E-state index contributed by atoms with van der Waals surface area (Å²) in [6.07, 6.45) is 0. The molecule has 0 aromatic carbocycles. The lowest BCUT2D eigenvalue weighted by Crippen LogP contribution is -2.38. The molecule has 0 radical (unpaired) electrons. The van der Waals surface area contributed by atoms with Crippen molar-refractivity contribution in [1.82, 2.24) is 5.32 Å². The molecule has 0 aliphatic rings. The van der Waals surface area contributed by atoms with Gasteiger partial charge < -0.3 is 5.32 Å². The molecule has 0 aliphatic carbocycles. The number of nitrogens with one attached hydrogen (secondary N) is 1. The molecule has 0 fully saturated rings. The van der Waals surface area contributed by atoms with Crippen molar-refractivity contribution in [3.63, 3.8) is 0 Å². The summed E-state index contributed by atoms with van der Waals surface area (Å²) in [5, 5.41) is 5.72. The molecule has 0 amide bonds. The van der Waals surface area contributed by atoms with Crippen LogP contribution in [-0.2, 0) is 0 Å². The Morgan fingerprint density at radius 3 is 2.33 bits per heavy atom. The van der Waals surface area contributed by atoms with Gasteiger partial charge in [0.05, 0.1) is 4.34 Å². The summed E-state index contributed by atoms with van der Waals surface area (Å²) >= 11 is 7.51. The zero-order valence-electron chi connectivity index (χ0n) is 10.1. The Bertz CT molecular complexity index is 314. The van der Waals surface area contributed by atoms with E-state index in [-0.39, 0.29) is 5.41 Å². The minimum atomic E-state index is 0.286. The van der Waals surface area contributed by atoms with Crippen molar-refractivity contribution >= 4 is 22.9 Å². The van der Waals surface area contributed by atoms with E-state index in [4.69, 9.17) is 11.6 Å². The summed E-state index contributed by atoms with van der Waals surface area (Å²) in [5.74, 6) is 0. The third-order valence-corrected chi connectivity index (χ3v) is 4.00. The fourth-order valence-corrected chi connectivity index (χ4v) is 2.26. The SMILES string of the molecule is CC(NC(C)C(C)(C)C)c1csc(Cl)c1. The van der Waals surface area contributed by atoms with E-state index in [2.05, 4.69) is 45.3 Å². The van der Waals surface area contributed by atoms with Crippen molar-refractivity contribution in [1.29, 1.82) is 0 Å². The predicted molar refractivity (Wildman–Crippen MR) is 69.8 cm³/mol. The van der Waals surface area contributed by atoms with Crippen molar-refractivity contribution in [2.75, 3.05) is 0 Å². The Morgan fingerprint density at radius 2 is 1.93 bits per heavy atom. The summed E-state index contributed by atoms with van der Waals surface area (Å²) in [5.41, 5.74) is 1.56. The third-order valence-electron chi connectivity index (χ3n) is 2.89. The summed E-state index contributed by atoms with van der Waals surface area (Å²) in [6, 6.07) is 2.88. The molecule has 1 nitrogen and oxygen atoms in total. The second kappa shape index (κ2) is 4.86. The first-order valence-electron chi connectivity index (χ1n) is 5.30. The molecule has 1 rings (SSSR count). The summed E-state index contributed by atoms with van der Waals surface area (Å²) in [6.45, 7) is 11.2. The van der Waals surface area contributed by atoms with Gasteiger partial charge in [-0.05, 0) is 36.3 Å². The summed E-state index contributed by atoms with van der Waals surface area (Å²) < 4.78 is 0.863. The van der Waals surface area contributed by atoms with E-state index in [9.17, 15) is 0 Å². The lowest BCUT2D eigenvalue weighted by molar-refractivity contribution is 0.268. The topological polar surface area (TPSA) is 12.0 Å². The maximum absolute atomic E-state index is 5.92. The lowest BCUT2D eigenvalue weighted by atomic mass is 9.87. The van der Waals surface area contributed by atoms with E-state index in [0.717, 1.165) is 4.34 Å². The Hall–Kier alpha value is -0.0500. The van der Waals surface area contributed by atoms with E-state index >= 15 is 0 Å². The van der Waals surface area contributed by atoms with Gasteiger partial charge in [-0.15, -0.1) is 11.3 Å². The molecule has 86 valence electrons. The number of hydrogen-bond acceptors (Lipinski definition) is 2. The van der Waals surface area contributed by atoms with Crippen LogP contribution in [0.5, 0.6) is 0 Å². The number of hydrogen-bond donors (Lipinski definition) is 1. The number of halogens is 1. The molecule has 3 heteroatoms. The van der Waals surface area contributed by atoms with Crippen LogP contribution in [0.15, 0.2) is 11.4 Å². The summed E-state index contributed by atoms with van der Waals surface area (Å²) in [4.78, 5) is 0. The Morgan fingerprint density at radius 1 is 1.33 bits per heavy atom. The van der Waals surface area contributed by atoms with Gasteiger partial charge in [-0.1, -0.05) is 32.4 Å². The highest BCUT2D eigenvalue weighted by molar-refractivity contribution is 7.14. The van der Waals surface area contributed by atoms with Crippen LogP contribution < -0.4 is 5.32 Å². The fraction of sp³-hybridized carbons (Fsp3) is 0.667. The molecule has 0 aliphatic heterocycles. The Labute approximate surface area is 102 Å². The van der Waals surface area contributed by atoms with Crippen molar-refractivity contribution in [3.8, 4) is 0 Å². The van der Waals surface area contributed by atoms with Crippen LogP contribution in [-0.4, -0.2) is 6.04 Å². The second-order valence-electron chi connectivity index (χ2n) is 5.16. The van der Waals surface area contributed by atoms with Crippen LogP contribution in [0.2, 0.25) is 4.34 Å². The van der Waals surface area contributed by atoms with Crippen molar-refractivity contribution in [2.45, 2.75) is 46.7 Å². The number of thiophene rings is 1. The monoisotopic (exact) mass is 245 g/mol. The molecule has 2 unspecified atom stereocenters. The van der Waals surface area contributed by atoms with Crippen LogP contribution in [0.4, 0.5) is 0 Å². The van der Waals surface area contributed by atoms with Gasteiger partial charge in [0, 0.05) is 12.1 Å². The lowest BCUT2D eigenvalue weighted by Gasteiger charge is -2.31. The van der Waals surface area contributed by atoms with Gasteiger partial charge in [-0.3, -0.25) is 0 Å². The highest BCUT2D eigenvalue weighted by Gasteiger charge is 2.21. The van der Waals surface area contributed by atoms with E-state index in [1.54, 1.807) is 11.3 Å².